The fourth-order valence-corrected chi connectivity index (χ4v) is 4.92. The summed E-state index contributed by atoms with van der Waals surface area (Å²) in [5.74, 6) is -0.739. The highest BCUT2D eigenvalue weighted by Gasteiger charge is 2.34. The second kappa shape index (κ2) is 8.89. The molecule has 2 heterocycles. The molecule has 14 nitrogen and oxygen atoms in total. The van der Waals surface area contributed by atoms with Crippen molar-refractivity contribution in [3.05, 3.63) is 54.7 Å². The van der Waals surface area contributed by atoms with Crippen molar-refractivity contribution in [1.29, 1.82) is 0 Å². The number of rotatable bonds is 6. The number of hydrogen-bond donors (Lipinski definition) is 4. The van der Waals surface area contributed by atoms with Crippen LogP contribution in [0.2, 0.25) is 0 Å². The lowest BCUT2D eigenvalue weighted by molar-refractivity contribution is -0.385. The highest BCUT2D eigenvalue weighted by atomic mass is 32.2. The molecule has 1 aromatic heterocycles. The van der Waals surface area contributed by atoms with Crippen LogP contribution < -0.4 is 16.7 Å². The maximum atomic E-state index is 13.3. The first kappa shape index (κ1) is 23.1. The highest BCUT2D eigenvalue weighted by molar-refractivity contribution is 7.89. The minimum atomic E-state index is -4.18. The zero-order valence-corrected chi connectivity index (χ0v) is 17.7. The van der Waals surface area contributed by atoms with Crippen molar-refractivity contribution in [1.82, 2.24) is 14.3 Å². The lowest BCUT2D eigenvalue weighted by atomic mass is 10.3. The number of aromatic nitrogens is 2. The number of H-pyrrole nitrogens is 2. The maximum Gasteiger partial charge on any atom is 0.328 e. The van der Waals surface area contributed by atoms with Crippen LogP contribution in [0.25, 0.3) is 0 Å². The van der Waals surface area contributed by atoms with E-state index in [-0.39, 0.29) is 36.5 Å². The van der Waals surface area contributed by atoms with Gasteiger partial charge >= 0.3 is 5.69 Å². The fraction of sp³-hybridized carbons (Fsp3) is 0.353. The van der Waals surface area contributed by atoms with Gasteiger partial charge in [-0.2, -0.15) is 9.41 Å². The minimum Gasteiger partial charge on any atom is -0.494 e. The van der Waals surface area contributed by atoms with Crippen molar-refractivity contribution in [3.8, 4) is 5.88 Å². The second-order valence-electron chi connectivity index (χ2n) is 7.06. The Morgan fingerprint density at radius 1 is 1.28 bits per heavy atom. The predicted octanol–water partition coefficient (Wildman–Crippen LogP) is -0.0791. The molecule has 0 saturated carbocycles. The third kappa shape index (κ3) is 4.84. The zero-order chi connectivity index (χ0) is 23.6. The molecule has 2 atom stereocenters. The summed E-state index contributed by atoms with van der Waals surface area (Å²) in [5, 5.41) is 24.6. The molecule has 172 valence electrons. The van der Waals surface area contributed by atoms with E-state index in [0.29, 0.717) is 0 Å². The number of nitro groups is 1. The van der Waals surface area contributed by atoms with E-state index in [9.17, 15) is 33.2 Å². The molecule has 0 bridgehead atoms. The van der Waals surface area contributed by atoms with Gasteiger partial charge in [0.25, 0.3) is 11.2 Å². The van der Waals surface area contributed by atoms with E-state index < -0.39 is 42.7 Å². The van der Waals surface area contributed by atoms with Gasteiger partial charge in [-0.1, -0.05) is 0 Å². The number of non-ortho nitro benzene ring substituents is 1. The Balaban J connectivity index is 1.99. The number of ether oxygens (including phenoxy) is 1. The van der Waals surface area contributed by atoms with Crippen LogP contribution in [-0.2, 0) is 14.8 Å². The predicted molar refractivity (Wildman–Crippen MR) is 112 cm³/mol. The van der Waals surface area contributed by atoms with E-state index in [1.807, 2.05) is 9.97 Å². The van der Waals surface area contributed by atoms with Crippen LogP contribution in [0.4, 0.5) is 11.4 Å². The smallest absolute Gasteiger partial charge is 0.328 e. The van der Waals surface area contributed by atoms with Crippen LogP contribution in [0.1, 0.15) is 19.4 Å². The molecule has 0 radical (unpaired) electrons. The van der Waals surface area contributed by atoms with Gasteiger partial charge in [-0.25, -0.2) is 13.2 Å². The molecule has 0 aliphatic carbocycles. The van der Waals surface area contributed by atoms with Crippen molar-refractivity contribution < 1.29 is 23.2 Å². The van der Waals surface area contributed by atoms with E-state index in [1.54, 1.807) is 13.8 Å². The number of nitrogens with one attached hydrogen (secondary N) is 3. The van der Waals surface area contributed by atoms with Crippen LogP contribution in [0.3, 0.4) is 0 Å². The number of aromatic hydroxyl groups is 1. The van der Waals surface area contributed by atoms with Gasteiger partial charge in [-0.3, -0.25) is 30.3 Å². The number of aromatic amines is 2. The summed E-state index contributed by atoms with van der Waals surface area (Å²) < 4.78 is 33.3. The highest BCUT2D eigenvalue weighted by Crippen LogP contribution is 2.30. The molecule has 15 heteroatoms. The molecule has 0 spiro atoms. The van der Waals surface area contributed by atoms with Crippen LogP contribution >= 0.6 is 0 Å². The summed E-state index contributed by atoms with van der Waals surface area (Å²) >= 11 is 0. The quantitative estimate of drug-likeness (QED) is 0.254. The molecule has 2 aromatic rings. The Kier molecular flexibility index (Phi) is 6.42. The molecule has 1 aromatic carbocycles. The third-order valence-electron chi connectivity index (χ3n) is 4.52. The second-order valence-corrected chi connectivity index (χ2v) is 8.96. The monoisotopic (exact) mass is 468 g/mol. The largest absolute Gasteiger partial charge is 0.494 e. The number of nitrogens with zero attached hydrogens (tertiary/aromatic N) is 3. The fourth-order valence-electron chi connectivity index (χ4n) is 3.17. The molecule has 1 aliphatic heterocycles. The summed E-state index contributed by atoms with van der Waals surface area (Å²) in [5.41, 5.74) is -0.359. The lowest BCUT2D eigenvalue weighted by Crippen LogP contribution is -2.48. The zero-order valence-electron chi connectivity index (χ0n) is 16.9. The Morgan fingerprint density at radius 2 is 1.94 bits per heavy atom. The molecule has 1 fully saturated rings. The van der Waals surface area contributed by atoms with E-state index >= 15 is 0 Å². The Bertz CT molecular complexity index is 1270. The first-order valence-corrected chi connectivity index (χ1v) is 10.7. The van der Waals surface area contributed by atoms with Crippen molar-refractivity contribution in [2.75, 3.05) is 18.5 Å². The SMILES string of the molecule is C[C@@H]1CN(S(=O)(=O)c2cc([N+](=O)[O-])ccc2NN=Cc2c(O)[nH]c(=O)[nH]c2=O)C[C@@H](C)O1. The average Bonchev–Trinajstić information content (AvgIpc) is 2.69. The molecule has 4 N–H and O–H groups in total. The minimum absolute atomic E-state index is 0.0543. The molecule has 32 heavy (non-hydrogen) atoms. The summed E-state index contributed by atoms with van der Waals surface area (Å²) in [6.45, 7) is 3.53. The first-order chi connectivity index (χ1) is 15.0. The van der Waals surface area contributed by atoms with Crippen molar-refractivity contribution >= 4 is 27.6 Å². The number of sulfonamides is 1. The summed E-state index contributed by atoms with van der Waals surface area (Å²) in [6.07, 6.45) is 0.106. The molecule has 0 unspecified atom stereocenters. The van der Waals surface area contributed by atoms with Crippen molar-refractivity contribution in [3.63, 3.8) is 0 Å². The summed E-state index contributed by atoms with van der Waals surface area (Å²) in [4.78, 5) is 36.9. The van der Waals surface area contributed by atoms with Gasteiger partial charge in [0.05, 0.1) is 29.0 Å². The van der Waals surface area contributed by atoms with E-state index in [0.717, 1.165) is 28.7 Å². The van der Waals surface area contributed by atoms with Gasteiger partial charge in [-0.15, -0.1) is 0 Å². The number of hydrogen-bond acceptors (Lipinski definition) is 10. The molecule has 0 amide bonds. The lowest BCUT2D eigenvalue weighted by Gasteiger charge is -2.34. The van der Waals surface area contributed by atoms with E-state index in [4.69, 9.17) is 4.74 Å². The maximum absolute atomic E-state index is 13.3. The van der Waals surface area contributed by atoms with Crippen molar-refractivity contribution in [2.45, 2.75) is 31.0 Å². The molecule has 3 rings (SSSR count). The van der Waals surface area contributed by atoms with Crippen LogP contribution in [0.15, 0.2) is 37.8 Å². The van der Waals surface area contributed by atoms with Crippen LogP contribution in [-0.4, -0.2) is 64.2 Å². The first-order valence-electron chi connectivity index (χ1n) is 9.27. The standard InChI is InChI=1S/C17H20N6O8S/c1-9-7-22(8-10(2)31-9)32(29,30)14-5-11(23(27)28)3-4-13(14)21-18-6-12-15(24)19-17(26)20-16(12)25/h3-6,9-10,21H,7-8H2,1-2H3,(H3,19,20,24,25,26)/t9-,10-/m1/s1. The van der Waals surface area contributed by atoms with Crippen molar-refractivity contribution in [2.24, 2.45) is 5.10 Å². The Hall–Kier alpha value is -3.56. The van der Waals surface area contributed by atoms with Gasteiger partial charge < -0.3 is 9.84 Å². The number of nitro benzene ring substituents is 1. The molecular weight excluding hydrogens is 448 g/mol. The van der Waals surface area contributed by atoms with Crippen LogP contribution in [0.5, 0.6) is 5.88 Å². The number of morpholine rings is 1. The molecule has 1 aliphatic rings. The number of anilines is 1. The Morgan fingerprint density at radius 3 is 2.53 bits per heavy atom. The van der Waals surface area contributed by atoms with E-state index in [2.05, 4.69) is 10.5 Å². The van der Waals surface area contributed by atoms with Gasteiger partial charge in [0.1, 0.15) is 10.5 Å². The molecular formula is C17H20N6O8S. The van der Waals surface area contributed by atoms with E-state index in [1.165, 1.54) is 0 Å². The van der Waals surface area contributed by atoms with Gasteiger partial charge in [0.15, 0.2) is 0 Å². The van der Waals surface area contributed by atoms with Gasteiger partial charge in [-0.05, 0) is 19.9 Å². The number of hydrazone groups is 1. The average molecular weight is 468 g/mol. The van der Waals surface area contributed by atoms with Crippen LogP contribution in [0, 0.1) is 10.1 Å². The topological polar surface area (TPSA) is 200 Å². The summed E-state index contributed by atoms with van der Waals surface area (Å²) in [7, 11) is -4.18. The third-order valence-corrected chi connectivity index (χ3v) is 6.39. The Labute approximate surface area is 180 Å². The van der Waals surface area contributed by atoms with Gasteiger partial charge in [0.2, 0.25) is 15.9 Å². The normalized spacial score (nSPS) is 19.8. The molecule has 1 saturated heterocycles. The summed E-state index contributed by atoms with van der Waals surface area (Å²) in [6, 6.07) is 3.15. The number of benzene rings is 1. The van der Waals surface area contributed by atoms with Gasteiger partial charge in [0, 0.05) is 25.2 Å².